The van der Waals surface area contributed by atoms with Crippen LogP contribution in [0.5, 0.6) is 0 Å². The second-order valence-corrected chi connectivity index (χ2v) is 13.3. The molecule has 0 aliphatic rings. The molecule has 1 N–H and O–H groups in total. The van der Waals surface area contributed by atoms with Gasteiger partial charge in [0, 0.05) is 38.8 Å². The molecule has 0 spiro atoms. The Morgan fingerprint density at radius 2 is 1.96 bits per heavy atom. The highest BCUT2D eigenvalue weighted by Crippen LogP contribution is 2.32. The lowest BCUT2D eigenvalue weighted by Crippen LogP contribution is -2.22. The predicted octanol–water partition coefficient (Wildman–Crippen LogP) is 3.79. The van der Waals surface area contributed by atoms with E-state index in [1.165, 1.54) is 12.4 Å². The van der Waals surface area contributed by atoms with Gasteiger partial charge in [0.05, 0.1) is 15.7 Å². The van der Waals surface area contributed by atoms with Crippen LogP contribution >= 0.6 is 23.2 Å². The van der Waals surface area contributed by atoms with E-state index in [2.05, 4.69) is 29.6 Å². The number of nitrogens with zero attached hydrogens (tertiary/aromatic N) is 3. The number of imidazole rings is 1. The molecule has 6 nitrogen and oxygen atoms in total. The molecule has 2 aromatic heterocycles. The van der Waals surface area contributed by atoms with Crippen molar-refractivity contribution in [2.24, 2.45) is 0 Å². The van der Waals surface area contributed by atoms with Crippen molar-refractivity contribution < 1.29 is 14.6 Å². The molecule has 2 aromatic rings. The summed E-state index contributed by atoms with van der Waals surface area (Å²) in [5.74, 6) is 0.170. The number of aliphatic hydroxyl groups is 1. The lowest BCUT2D eigenvalue weighted by atomic mass is 10.1. The van der Waals surface area contributed by atoms with Gasteiger partial charge in [-0.2, -0.15) is 0 Å². The third-order valence-corrected chi connectivity index (χ3v) is 5.91. The predicted molar refractivity (Wildman–Crippen MR) is 100 cm³/mol. The number of aliphatic hydroxyl groups excluding tert-OH is 1. The van der Waals surface area contributed by atoms with Crippen molar-refractivity contribution >= 4 is 37.6 Å². The zero-order valence-electron chi connectivity index (χ0n) is 14.4. The first-order chi connectivity index (χ1) is 11.7. The molecule has 9 heteroatoms. The average molecular weight is 402 g/mol. The minimum absolute atomic E-state index is 0.170. The number of carbonyl (C=O) groups excluding carboxylic acids is 1. The van der Waals surface area contributed by atoms with Gasteiger partial charge >= 0.3 is 0 Å². The monoisotopic (exact) mass is 401 g/mol. The van der Waals surface area contributed by atoms with E-state index in [1.54, 1.807) is 10.8 Å². The number of halogens is 2. The van der Waals surface area contributed by atoms with E-state index in [9.17, 15) is 9.90 Å². The molecule has 0 saturated heterocycles. The fraction of sp³-hybridized carbons (Fsp3) is 0.438. The van der Waals surface area contributed by atoms with Gasteiger partial charge in [0.2, 0.25) is 0 Å². The van der Waals surface area contributed by atoms with E-state index in [4.69, 9.17) is 27.9 Å². The van der Waals surface area contributed by atoms with Crippen molar-refractivity contribution in [3.05, 3.63) is 45.7 Å². The molecule has 0 amide bonds. The fourth-order valence-electron chi connectivity index (χ4n) is 2.15. The maximum Gasteiger partial charge on any atom is 0.185 e. The molecule has 25 heavy (non-hydrogen) atoms. The first-order valence-corrected chi connectivity index (χ1v) is 12.3. The zero-order chi connectivity index (χ0) is 18.6. The standard InChI is InChI=1S/C16H21Cl2N3O3Si/c1-25(2,3)5-4-24-10-21-8-13(20-14(21)9-22)16(23)15-11(17)6-19-7-12(15)18/h6-9,16,23H,4-5,10H2,1-3H3. The molecular formula is C16H21Cl2N3O3Si. The summed E-state index contributed by atoms with van der Waals surface area (Å²) in [5, 5.41) is 11.0. The van der Waals surface area contributed by atoms with Gasteiger partial charge < -0.3 is 14.4 Å². The Hall–Kier alpha value is -1.25. The molecule has 2 rings (SSSR count). The van der Waals surface area contributed by atoms with E-state index in [-0.39, 0.29) is 28.3 Å². The fourth-order valence-corrected chi connectivity index (χ4v) is 3.48. The summed E-state index contributed by atoms with van der Waals surface area (Å²) in [4.78, 5) is 19.3. The molecule has 0 fully saturated rings. The molecule has 0 saturated carbocycles. The van der Waals surface area contributed by atoms with Crippen LogP contribution in [0.4, 0.5) is 0 Å². The van der Waals surface area contributed by atoms with E-state index < -0.39 is 14.2 Å². The Kier molecular flexibility index (Phi) is 6.76. The molecule has 136 valence electrons. The molecule has 0 radical (unpaired) electrons. The van der Waals surface area contributed by atoms with Gasteiger partial charge in [-0.1, -0.05) is 42.8 Å². The first-order valence-electron chi connectivity index (χ1n) is 7.80. The van der Waals surface area contributed by atoms with Crippen LogP contribution < -0.4 is 0 Å². The second kappa shape index (κ2) is 8.42. The quantitative estimate of drug-likeness (QED) is 0.413. The molecule has 0 bridgehead atoms. The van der Waals surface area contributed by atoms with Crippen LogP contribution in [0, 0.1) is 0 Å². The Labute approximate surface area is 157 Å². The number of hydrogen-bond donors (Lipinski definition) is 1. The summed E-state index contributed by atoms with van der Waals surface area (Å²) >= 11 is 12.1. The van der Waals surface area contributed by atoms with E-state index >= 15 is 0 Å². The molecule has 1 unspecified atom stereocenters. The van der Waals surface area contributed by atoms with Crippen molar-refractivity contribution in [3.63, 3.8) is 0 Å². The first kappa shape index (κ1) is 20.1. The lowest BCUT2D eigenvalue weighted by molar-refractivity contribution is 0.0830. The van der Waals surface area contributed by atoms with Crippen LogP contribution in [0.15, 0.2) is 18.6 Å². The maximum atomic E-state index is 11.2. The van der Waals surface area contributed by atoms with Gasteiger partial charge in [0.25, 0.3) is 0 Å². The summed E-state index contributed by atoms with van der Waals surface area (Å²) in [6, 6.07) is 1.02. The Bertz CT molecular complexity index is 726. The number of hydrogen-bond acceptors (Lipinski definition) is 5. The molecule has 2 heterocycles. The SMILES string of the molecule is C[Si](C)(C)CCOCn1cc(C(O)c2c(Cl)cncc2Cl)nc1C=O. The van der Waals surface area contributed by atoms with Crippen molar-refractivity contribution in [2.45, 2.75) is 38.5 Å². The van der Waals surface area contributed by atoms with Crippen LogP contribution in [0.3, 0.4) is 0 Å². The number of pyridine rings is 1. The van der Waals surface area contributed by atoms with Gasteiger partial charge in [0.15, 0.2) is 12.1 Å². The van der Waals surface area contributed by atoms with Crippen molar-refractivity contribution in [2.75, 3.05) is 6.61 Å². The number of rotatable bonds is 8. The number of aldehydes is 1. The molecular weight excluding hydrogens is 381 g/mol. The third-order valence-electron chi connectivity index (χ3n) is 3.60. The highest BCUT2D eigenvalue weighted by molar-refractivity contribution is 6.76. The number of ether oxygens (including phenoxy) is 1. The minimum Gasteiger partial charge on any atom is -0.382 e. The van der Waals surface area contributed by atoms with Gasteiger partial charge in [-0.3, -0.25) is 9.78 Å². The molecule has 0 aliphatic carbocycles. The molecule has 0 aliphatic heterocycles. The van der Waals surface area contributed by atoms with Crippen LogP contribution in [-0.4, -0.2) is 40.6 Å². The Morgan fingerprint density at radius 1 is 1.32 bits per heavy atom. The molecule has 1 atom stereocenters. The zero-order valence-corrected chi connectivity index (χ0v) is 16.9. The van der Waals surface area contributed by atoms with Gasteiger partial charge in [-0.15, -0.1) is 0 Å². The smallest absolute Gasteiger partial charge is 0.185 e. The maximum absolute atomic E-state index is 11.2. The third kappa shape index (κ3) is 5.36. The second-order valence-electron chi connectivity index (χ2n) is 6.88. The lowest BCUT2D eigenvalue weighted by Gasteiger charge is -2.15. The molecule has 0 aromatic carbocycles. The van der Waals surface area contributed by atoms with Crippen LogP contribution in [0.25, 0.3) is 0 Å². The van der Waals surface area contributed by atoms with E-state index in [0.717, 1.165) is 6.04 Å². The van der Waals surface area contributed by atoms with Crippen LogP contribution in [-0.2, 0) is 11.5 Å². The van der Waals surface area contributed by atoms with Gasteiger partial charge in [0.1, 0.15) is 12.8 Å². The average Bonchev–Trinajstić information content (AvgIpc) is 2.93. The number of carbonyl (C=O) groups is 1. The van der Waals surface area contributed by atoms with Gasteiger partial charge in [-0.05, 0) is 6.04 Å². The van der Waals surface area contributed by atoms with Crippen LogP contribution in [0.2, 0.25) is 35.7 Å². The summed E-state index contributed by atoms with van der Waals surface area (Å²) in [7, 11) is -1.18. The number of aromatic nitrogens is 3. The summed E-state index contributed by atoms with van der Waals surface area (Å²) < 4.78 is 7.19. The van der Waals surface area contributed by atoms with Gasteiger partial charge in [-0.25, -0.2) is 4.98 Å². The van der Waals surface area contributed by atoms with Crippen molar-refractivity contribution in [3.8, 4) is 0 Å². The highest BCUT2D eigenvalue weighted by atomic mass is 35.5. The summed E-state index contributed by atoms with van der Waals surface area (Å²) in [6.07, 6.45) is 3.81. The summed E-state index contributed by atoms with van der Waals surface area (Å²) in [5.41, 5.74) is 0.575. The Morgan fingerprint density at radius 3 is 2.52 bits per heavy atom. The Balaban J connectivity index is 2.15. The summed E-state index contributed by atoms with van der Waals surface area (Å²) in [6.45, 7) is 7.60. The minimum atomic E-state index is -1.18. The highest BCUT2D eigenvalue weighted by Gasteiger charge is 2.22. The van der Waals surface area contributed by atoms with Crippen molar-refractivity contribution in [1.29, 1.82) is 0 Å². The largest absolute Gasteiger partial charge is 0.382 e. The van der Waals surface area contributed by atoms with E-state index in [1.807, 2.05) is 0 Å². The van der Waals surface area contributed by atoms with E-state index in [0.29, 0.717) is 18.5 Å². The topological polar surface area (TPSA) is 77.2 Å². The normalized spacial score (nSPS) is 13.0. The van der Waals surface area contributed by atoms with Crippen LogP contribution in [0.1, 0.15) is 28.0 Å². The van der Waals surface area contributed by atoms with Crippen molar-refractivity contribution in [1.82, 2.24) is 14.5 Å².